The summed E-state index contributed by atoms with van der Waals surface area (Å²) in [6.45, 7) is 3.48. The summed E-state index contributed by atoms with van der Waals surface area (Å²) >= 11 is 14.1. The number of carbonyl (C=O) groups is 3. The smallest absolute Gasteiger partial charge is 0.341 e. The molecule has 14 heteroatoms. The third kappa shape index (κ3) is 6.45. The van der Waals surface area contributed by atoms with Gasteiger partial charge in [0, 0.05) is 12.1 Å². The second kappa shape index (κ2) is 11.8. The molecular formula is C21H21Cl2N5O5S2. The van der Waals surface area contributed by atoms with Gasteiger partial charge in [-0.3, -0.25) is 9.59 Å². The van der Waals surface area contributed by atoms with Crippen molar-refractivity contribution >= 4 is 69.1 Å². The number of hydrogen-bond donors (Lipinski definition) is 2. The number of rotatable bonds is 10. The van der Waals surface area contributed by atoms with Crippen LogP contribution < -0.4 is 15.8 Å². The van der Waals surface area contributed by atoms with Gasteiger partial charge < -0.3 is 25.1 Å². The zero-order chi connectivity index (χ0) is 25.7. The minimum absolute atomic E-state index is 0.0268. The Bertz CT molecular complexity index is 1280. The number of ether oxygens (including phenoxy) is 2. The highest BCUT2D eigenvalue weighted by Crippen LogP contribution is 2.34. The maximum atomic E-state index is 12.6. The number of benzene rings is 1. The third-order valence-corrected chi connectivity index (χ3v) is 7.38. The number of anilines is 1. The monoisotopic (exact) mass is 557 g/mol. The van der Waals surface area contributed by atoms with Gasteiger partial charge in [0.05, 0.1) is 27.8 Å². The van der Waals surface area contributed by atoms with E-state index in [1.807, 2.05) is 0 Å². The van der Waals surface area contributed by atoms with Crippen LogP contribution in [0.5, 0.6) is 5.75 Å². The number of nitrogens with zero attached hydrogens (tertiary/aromatic N) is 3. The van der Waals surface area contributed by atoms with Crippen LogP contribution in [0.3, 0.4) is 0 Å². The Balaban J connectivity index is 1.64. The lowest BCUT2D eigenvalue weighted by molar-refractivity contribution is -0.113. The molecule has 35 heavy (non-hydrogen) atoms. The zero-order valence-corrected chi connectivity index (χ0v) is 22.0. The second-order valence-electron chi connectivity index (χ2n) is 7.00. The minimum atomic E-state index is -0.693. The molecule has 0 fully saturated rings. The summed E-state index contributed by atoms with van der Waals surface area (Å²) in [6.07, 6.45) is 0. The van der Waals surface area contributed by atoms with Gasteiger partial charge in [0.2, 0.25) is 5.91 Å². The molecule has 0 radical (unpaired) electrons. The maximum Gasteiger partial charge on any atom is 0.341 e. The first kappa shape index (κ1) is 26.8. The number of primary amides is 1. The molecule has 2 aromatic heterocycles. The van der Waals surface area contributed by atoms with E-state index in [9.17, 15) is 14.4 Å². The van der Waals surface area contributed by atoms with E-state index in [0.29, 0.717) is 32.3 Å². The Labute approximate surface area is 219 Å². The van der Waals surface area contributed by atoms with Crippen molar-refractivity contribution < 1.29 is 23.9 Å². The largest absolute Gasteiger partial charge is 0.484 e. The molecule has 3 aromatic rings. The van der Waals surface area contributed by atoms with Crippen LogP contribution in [0.25, 0.3) is 0 Å². The van der Waals surface area contributed by atoms with Crippen LogP contribution in [0.1, 0.15) is 38.3 Å². The summed E-state index contributed by atoms with van der Waals surface area (Å²) in [7, 11) is 1.74. The molecule has 0 atom stereocenters. The first-order valence-electron chi connectivity index (χ1n) is 10.1. The van der Waals surface area contributed by atoms with Crippen molar-refractivity contribution in [2.45, 2.75) is 25.6 Å². The van der Waals surface area contributed by atoms with Crippen LogP contribution in [0.4, 0.5) is 5.00 Å². The summed E-state index contributed by atoms with van der Waals surface area (Å²) < 4.78 is 12.4. The van der Waals surface area contributed by atoms with Crippen LogP contribution in [-0.4, -0.2) is 44.9 Å². The van der Waals surface area contributed by atoms with Crippen LogP contribution in [0.15, 0.2) is 23.4 Å². The summed E-state index contributed by atoms with van der Waals surface area (Å²) in [5.41, 5.74) is 5.87. The first-order valence-corrected chi connectivity index (χ1v) is 12.7. The quantitative estimate of drug-likeness (QED) is 0.281. The number of carbonyl (C=O) groups excluding carboxylic acids is 3. The van der Waals surface area contributed by atoms with Crippen molar-refractivity contribution in [1.29, 1.82) is 0 Å². The van der Waals surface area contributed by atoms with Gasteiger partial charge in [0.15, 0.2) is 11.0 Å². The van der Waals surface area contributed by atoms with Crippen molar-refractivity contribution in [3.63, 3.8) is 0 Å². The molecule has 0 saturated heterocycles. The number of aromatic nitrogens is 3. The summed E-state index contributed by atoms with van der Waals surface area (Å²) in [4.78, 5) is 36.8. The van der Waals surface area contributed by atoms with Gasteiger partial charge in [-0.2, -0.15) is 0 Å². The molecule has 0 spiro atoms. The first-order chi connectivity index (χ1) is 16.6. The minimum Gasteiger partial charge on any atom is -0.484 e. The van der Waals surface area contributed by atoms with E-state index in [1.165, 1.54) is 0 Å². The fraction of sp³-hybridized carbons (Fsp3) is 0.286. The Kier molecular flexibility index (Phi) is 9.00. The van der Waals surface area contributed by atoms with E-state index in [0.717, 1.165) is 23.1 Å². The Morgan fingerprint density at radius 1 is 1.26 bits per heavy atom. The van der Waals surface area contributed by atoms with Crippen molar-refractivity contribution in [2.75, 3.05) is 17.7 Å². The highest BCUT2D eigenvalue weighted by Gasteiger charge is 2.26. The van der Waals surface area contributed by atoms with Crippen LogP contribution >= 0.6 is 46.3 Å². The number of nitrogens with one attached hydrogen (secondary N) is 1. The SMILES string of the molecule is CCOC(=O)c1c(NC(=O)CSc2nnc(COc3ccc(Cl)cc3Cl)n2C)sc(C(N)=O)c1C. The van der Waals surface area contributed by atoms with Gasteiger partial charge >= 0.3 is 5.97 Å². The number of thiophene rings is 1. The standard InChI is InChI=1S/C21H21Cl2N5O5S2/c1-4-32-20(31)16-10(2)17(18(24)30)35-19(16)25-15(29)9-34-21-27-26-14(28(21)3)8-33-13-6-5-11(22)7-12(13)23/h5-7H,4,8-9H2,1-3H3,(H2,24,30)(H,25,29). The topological polar surface area (TPSA) is 138 Å². The van der Waals surface area contributed by atoms with Crippen molar-refractivity contribution in [3.05, 3.63) is 50.1 Å². The number of halogens is 2. The van der Waals surface area contributed by atoms with Gasteiger partial charge in [0.25, 0.3) is 5.91 Å². The molecule has 2 amide bonds. The van der Waals surface area contributed by atoms with Crippen LogP contribution in [-0.2, 0) is 23.2 Å². The number of hydrogen-bond acceptors (Lipinski definition) is 9. The Morgan fingerprint density at radius 3 is 2.66 bits per heavy atom. The molecule has 186 valence electrons. The summed E-state index contributed by atoms with van der Waals surface area (Å²) in [5.74, 6) is -0.806. The van der Waals surface area contributed by atoms with E-state index in [2.05, 4.69) is 15.5 Å². The number of thioether (sulfide) groups is 1. The predicted octanol–water partition coefficient (Wildman–Crippen LogP) is 4.08. The number of amides is 2. The highest BCUT2D eigenvalue weighted by molar-refractivity contribution is 7.99. The maximum absolute atomic E-state index is 12.6. The van der Waals surface area contributed by atoms with Crippen molar-refractivity contribution in [3.8, 4) is 5.75 Å². The average molecular weight is 558 g/mol. The molecule has 0 aliphatic heterocycles. The van der Waals surface area contributed by atoms with Gasteiger partial charge in [-0.05, 0) is 37.6 Å². The van der Waals surface area contributed by atoms with E-state index < -0.39 is 17.8 Å². The third-order valence-electron chi connectivity index (χ3n) is 4.61. The van der Waals surface area contributed by atoms with E-state index >= 15 is 0 Å². The fourth-order valence-electron chi connectivity index (χ4n) is 2.91. The average Bonchev–Trinajstić information content (AvgIpc) is 3.31. The van der Waals surface area contributed by atoms with E-state index in [4.69, 9.17) is 38.4 Å². The molecule has 0 bridgehead atoms. The molecular weight excluding hydrogens is 537 g/mol. The van der Waals surface area contributed by atoms with Crippen molar-refractivity contribution in [1.82, 2.24) is 14.8 Å². The lowest BCUT2D eigenvalue weighted by atomic mass is 10.1. The molecule has 0 saturated carbocycles. The van der Waals surface area contributed by atoms with E-state index in [1.54, 1.807) is 43.7 Å². The highest BCUT2D eigenvalue weighted by atomic mass is 35.5. The predicted molar refractivity (Wildman–Crippen MR) is 135 cm³/mol. The van der Waals surface area contributed by atoms with Gasteiger partial charge in [-0.15, -0.1) is 21.5 Å². The molecule has 0 aliphatic carbocycles. The summed E-state index contributed by atoms with van der Waals surface area (Å²) in [5, 5.41) is 12.4. The lowest BCUT2D eigenvalue weighted by Crippen LogP contribution is -2.17. The van der Waals surface area contributed by atoms with Gasteiger partial charge in [-0.25, -0.2) is 4.79 Å². The van der Waals surface area contributed by atoms with Gasteiger partial charge in [0.1, 0.15) is 17.4 Å². The molecule has 2 heterocycles. The van der Waals surface area contributed by atoms with Crippen molar-refractivity contribution in [2.24, 2.45) is 12.8 Å². The molecule has 3 N–H and O–H groups in total. The van der Waals surface area contributed by atoms with Gasteiger partial charge in [-0.1, -0.05) is 35.0 Å². The normalized spacial score (nSPS) is 10.8. The van der Waals surface area contributed by atoms with Crippen LogP contribution in [0.2, 0.25) is 10.0 Å². The molecule has 10 nitrogen and oxygen atoms in total. The molecule has 0 unspecified atom stereocenters. The molecule has 3 rings (SSSR count). The number of esters is 1. The zero-order valence-electron chi connectivity index (χ0n) is 18.9. The molecule has 1 aromatic carbocycles. The number of nitrogens with two attached hydrogens (primary N) is 1. The molecule has 0 aliphatic rings. The lowest BCUT2D eigenvalue weighted by Gasteiger charge is -2.08. The Morgan fingerprint density at radius 2 is 2.00 bits per heavy atom. The van der Waals surface area contributed by atoms with Crippen LogP contribution in [0, 0.1) is 6.92 Å². The Hall–Kier alpha value is -2.80. The van der Waals surface area contributed by atoms with E-state index in [-0.39, 0.29) is 34.4 Å². The summed E-state index contributed by atoms with van der Waals surface area (Å²) in [6, 6.07) is 4.89. The second-order valence-corrected chi connectivity index (χ2v) is 9.81. The fourth-order valence-corrected chi connectivity index (χ4v) is 5.17.